The molecule has 2 aromatic rings. The van der Waals surface area contributed by atoms with Crippen molar-refractivity contribution in [3.05, 3.63) is 59.9 Å². The average Bonchev–Trinajstić information content (AvgIpc) is 3.33. The summed E-state index contributed by atoms with van der Waals surface area (Å²) in [6.07, 6.45) is 6.21. The van der Waals surface area contributed by atoms with Crippen molar-refractivity contribution in [1.29, 1.82) is 0 Å². The number of anilines is 1. The first-order valence-electron chi connectivity index (χ1n) is 7.25. The molecule has 1 heterocycles. The largest absolute Gasteiger partial charge is 0.399 e. The molecule has 1 aliphatic carbocycles. The van der Waals surface area contributed by atoms with E-state index < -0.39 is 0 Å². The van der Waals surface area contributed by atoms with E-state index >= 15 is 0 Å². The lowest BCUT2D eigenvalue weighted by Gasteiger charge is -2.22. The van der Waals surface area contributed by atoms with Gasteiger partial charge in [0.15, 0.2) is 0 Å². The summed E-state index contributed by atoms with van der Waals surface area (Å²) in [5.74, 6) is 0.172. The highest BCUT2D eigenvalue weighted by molar-refractivity contribution is 5.79. The fourth-order valence-electron chi connectivity index (χ4n) is 2.41. The number of hydrogen-bond donors (Lipinski definition) is 1. The molecule has 0 aliphatic heterocycles. The first-order valence-corrected chi connectivity index (χ1v) is 7.25. The molecule has 1 amide bonds. The Kier molecular flexibility index (Phi) is 3.86. The molecule has 0 bridgehead atoms. The van der Waals surface area contributed by atoms with Gasteiger partial charge in [0.05, 0.1) is 6.42 Å². The van der Waals surface area contributed by atoms with Gasteiger partial charge in [0.1, 0.15) is 0 Å². The van der Waals surface area contributed by atoms with E-state index in [1.165, 1.54) is 0 Å². The van der Waals surface area contributed by atoms with Gasteiger partial charge in [0.25, 0.3) is 0 Å². The second-order valence-corrected chi connectivity index (χ2v) is 5.53. The standard InChI is InChI=1S/C17H19N3O/c18-15-5-3-13(4-6-15)10-17(21)20(16-7-8-16)12-14-2-1-9-19-11-14/h1-6,9,11,16H,7-8,10,12,18H2. The zero-order chi connectivity index (χ0) is 14.7. The summed E-state index contributed by atoms with van der Waals surface area (Å²) in [6.45, 7) is 0.645. The molecule has 1 aromatic heterocycles. The molecular weight excluding hydrogens is 262 g/mol. The number of nitrogens with two attached hydrogens (primary N) is 1. The highest BCUT2D eigenvalue weighted by Gasteiger charge is 2.32. The Hall–Kier alpha value is -2.36. The van der Waals surface area contributed by atoms with Crippen LogP contribution in [0.3, 0.4) is 0 Å². The van der Waals surface area contributed by atoms with Gasteiger partial charge >= 0.3 is 0 Å². The molecule has 1 aromatic carbocycles. The number of aromatic nitrogens is 1. The van der Waals surface area contributed by atoms with Gasteiger partial charge in [-0.05, 0) is 42.2 Å². The Labute approximate surface area is 124 Å². The number of nitrogens with zero attached hydrogens (tertiary/aromatic N) is 2. The Morgan fingerprint density at radius 2 is 1.95 bits per heavy atom. The van der Waals surface area contributed by atoms with Gasteiger partial charge in [-0.25, -0.2) is 0 Å². The van der Waals surface area contributed by atoms with Crippen molar-refractivity contribution < 1.29 is 4.79 Å². The highest BCUT2D eigenvalue weighted by Crippen LogP contribution is 2.29. The van der Waals surface area contributed by atoms with E-state index in [0.29, 0.717) is 19.0 Å². The van der Waals surface area contributed by atoms with Crippen molar-refractivity contribution in [3.8, 4) is 0 Å². The van der Waals surface area contributed by atoms with E-state index in [-0.39, 0.29) is 5.91 Å². The zero-order valence-electron chi connectivity index (χ0n) is 11.9. The minimum atomic E-state index is 0.172. The van der Waals surface area contributed by atoms with Crippen LogP contribution in [0.25, 0.3) is 0 Å². The van der Waals surface area contributed by atoms with Crippen molar-refractivity contribution in [3.63, 3.8) is 0 Å². The minimum absolute atomic E-state index is 0.172. The summed E-state index contributed by atoms with van der Waals surface area (Å²) < 4.78 is 0. The summed E-state index contributed by atoms with van der Waals surface area (Å²) in [7, 11) is 0. The van der Waals surface area contributed by atoms with Gasteiger partial charge in [0.2, 0.25) is 5.91 Å². The van der Waals surface area contributed by atoms with Crippen LogP contribution in [0.2, 0.25) is 0 Å². The summed E-state index contributed by atoms with van der Waals surface area (Å²) in [4.78, 5) is 18.7. The molecule has 0 spiro atoms. The number of nitrogen functional groups attached to an aromatic ring is 1. The third-order valence-corrected chi connectivity index (χ3v) is 3.72. The monoisotopic (exact) mass is 281 g/mol. The molecule has 0 radical (unpaired) electrons. The van der Waals surface area contributed by atoms with Crippen LogP contribution in [0, 0.1) is 0 Å². The Morgan fingerprint density at radius 1 is 1.19 bits per heavy atom. The number of benzene rings is 1. The summed E-state index contributed by atoms with van der Waals surface area (Å²) in [5, 5.41) is 0. The Balaban J connectivity index is 1.69. The molecule has 3 rings (SSSR count). The minimum Gasteiger partial charge on any atom is -0.399 e. The number of carbonyl (C=O) groups excluding carboxylic acids is 1. The first kappa shape index (κ1) is 13.6. The molecule has 2 N–H and O–H groups in total. The Morgan fingerprint density at radius 3 is 2.57 bits per heavy atom. The number of amides is 1. The van der Waals surface area contributed by atoms with Crippen molar-refractivity contribution >= 4 is 11.6 Å². The molecule has 1 aliphatic rings. The lowest BCUT2D eigenvalue weighted by Crippen LogP contribution is -2.33. The lowest BCUT2D eigenvalue weighted by molar-refractivity contribution is -0.131. The van der Waals surface area contributed by atoms with Crippen LogP contribution in [0.5, 0.6) is 0 Å². The van der Waals surface area contributed by atoms with Gasteiger partial charge in [-0.2, -0.15) is 0 Å². The summed E-state index contributed by atoms with van der Waals surface area (Å²) >= 11 is 0. The van der Waals surface area contributed by atoms with Crippen molar-refractivity contribution in [2.24, 2.45) is 0 Å². The van der Waals surface area contributed by atoms with Gasteiger partial charge in [0, 0.05) is 30.7 Å². The van der Waals surface area contributed by atoms with Gasteiger partial charge in [-0.1, -0.05) is 18.2 Å². The lowest BCUT2D eigenvalue weighted by atomic mass is 10.1. The number of hydrogen-bond acceptors (Lipinski definition) is 3. The third-order valence-electron chi connectivity index (χ3n) is 3.72. The van der Waals surface area contributed by atoms with E-state index in [0.717, 1.165) is 29.7 Å². The zero-order valence-corrected chi connectivity index (χ0v) is 11.9. The van der Waals surface area contributed by atoms with Crippen LogP contribution >= 0.6 is 0 Å². The topological polar surface area (TPSA) is 59.2 Å². The van der Waals surface area contributed by atoms with Crippen molar-refractivity contribution in [2.45, 2.75) is 31.8 Å². The van der Waals surface area contributed by atoms with Gasteiger partial charge in [-0.15, -0.1) is 0 Å². The molecule has 108 valence electrons. The van der Waals surface area contributed by atoms with E-state index in [2.05, 4.69) is 4.98 Å². The molecule has 0 unspecified atom stereocenters. The average molecular weight is 281 g/mol. The van der Waals surface area contributed by atoms with Crippen molar-refractivity contribution in [1.82, 2.24) is 9.88 Å². The molecule has 21 heavy (non-hydrogen) atoms. The fourth-order valence-corrected chi connectivity index (χ4v) is 2.41. The van der Waals surface area contributed by atoms with Crippen molar-refractivity contribution in [2.75, 3.05) is 5.73 Å². The van der Waals surface area contributed by atoms with Crippen LogP contribution in [-0.4, -0.2) is 21.8 Å². The van der Waals surface area contributed by atoms with Crippen LogP contribution in [-0.2, 0) is 17.8 Å². The maximum atomic E-state index is 12.6. The maximum Gasteiger partial charge on any atom is 0.227 e. The van der Waals surface area contributed by atoms with Crippen LogP contribution in [0.15, 0.2) is 48.8 Å². The molecule has 0 atom stereocenters. The van der Waals surface area contributed by atoms with E-state index in [9.17, 15) is 4.79 Å². The third kappa shape index (κ3) is 3.60. The van der Waals surface area contributed by atoms with Crippen LogP contribution < -0.4 is 5.73 Å². The molecule has 4 nitrogen and oxygen atoms in total. The van der Waals surface area contributed by atoms with E-state index in [1.807, 2.05) is 47.5 Å². The second-order valence-electron chi connectivity index (χ2n) is 5.53. The smallest absolute Gasteiger partial charge is 0.227 e. The van der Waals surface area contributed by atoms with E-state index in [4.69, 9.17) is 5.73 Å². The first-order chi connectivity index (χ1) is 10.2. The predicted octanol–water partition coefficient (Wildman–Crippen LogP) is 2.40. The number of carbonyl (C=O) groups is 1. The number of rotatable bonds is 5. The SMILES string of the molecule is Nc1ccc(CC(=O)N(Cc2cccnc2)C2CC2)cc1. The summed E-state index contributed by atoms with van der Waals surface area (Å²) in [6, 6.07) is 11.8. The molecule has 1 saturated carbocycles. The fraction of sp³-hybridized carbons (Fsp3) is 0.294. The highest BCUT2D eigenvalue weighted by atomic mass is 16.2. The molecular formula is C17H19N3O. The normalized spacial score (nSPS) is 13.9. The predicted molar refractivity (Wildman–Crippen MR) is 82.4 cm³/mol. The Bertz CT molecular complexity index is 606. The second kappa shape index (κ2) is 5.95. The van der Waals surface area contributed by atoms with Gasteiger partial charge in [-0.3, -0.25) is 9.78 Å². The summed E-state index contributed by atoms with van der Waals surface area (Å²) in [5.41, 5.74) is 8.48. The molecule has 4 heteroatoms. The van der Waals surface area contributed by atoms with Crippen LogP contribution in [0.4, 0.5) is 5.69 Å². The molecule has 0 saturated heterocycles. The van der Waals surface area contributed by atoms with Gasteiger partial charge < -0.3 is 10.6 Å². The maximum absolute atomic E-state index is 12.6. The van der Waals surface area contributed by atoms with E-state index in [1.54, 1.807) is 6.20 Å². The van der Waals surface area contributed by atoms with Crippen LogP contribution in [0.1, 0.15) is 24.0 Å². The number of pyridine rings is 1. The molecule has 1 fully saturated rings. The quantitative estimate of drug-likeness (QED) is 0.856.